The van der Waals surface area contributed by atoms with Crippen LogP contribution in [-0.2, 0) is 15.1 Å². The van der Waals surface area contributed by atoms with Gasteiger partial charge in [0.15, 0.2) is 0 Å². The highest BCUT2D eigenvalue weighted by atomic mass is 19.1. The van der Waals surface area contributed by atoms with E-state index in [1.807, 2.05) is 6.07 Å². The smallest absolute Gasteiger partial charge is 0.325 e. The lowest BCUT2D eigenvalue weighted by molar-refractivity contribution is -0.134. The van der Waals surface area contributed by atoms with Crippen molar-refractivity contribution < 1.29 is 18.8 Å². The van der Waals surface area contributed by atoms with Crippen molar-refractivity contribution in [2.75, 3.05) is 11.9 Å². The van der Waals surface area contributed by atoms with Gasteiger partial charge in [0.2, 0.25) is 5.91 Å². The monoisotopic (exact) mass is 355 g/mol. The first-order chi connectivity index (χ1) is 12.5. The van der Waals surface area contributed by atoms with Crippen molar-refractivity contribution in [3.8, 4) is 0 Å². The lowest BCUT2D eigenvalue weighted by Crippen LogP contribution is -2.44. The summed E-state index contributed by atoms with van der Waals surface area (Å²) in [6, 6.07) is 13.5. The summed E-state index contributed by atoms with van der Waals surface area (Å²) < 4.78 is 12.9. The highest BCUT2D eigenvalue weighted by Gasteiger charge is 2.51. The third-order valence-corrected chi connectivity index (χ3v) is 4.40. The van der Waals surface area contributed by atoms with Crippen LogP contribution in [0.4, 0.5) is 14.9 Å². The van der Waals surface area contributed by atoms with Gasteiger partial charge in [0, 0.05) is 5.69 Å². The number of carbonyl (C=O) groups is 3. The molecule has 0 spiro atoms. The minimum Gasteiger partial charge on any atom is -0.325 e. The van der Waals surface area contributed by atoms with Crippen LogP contribution in [0.2, 0.25) is 0 Å². The molecule has 0 bridgehead atoms. The van der Waals surface area contributed by atoms with Gasteiger partial charge in [0.05, 0.1) is 0 Å². The Morgan fingerprint density at radius 2 is 1.77 bits per heavy atom. The maximum Gasteiger partial charge on any atom is 0.325 e. The summed E-state index contributed by atoms with van der Waals surface area (Å²) in [6.07, 6.45) is 0.359. The minimum atomic E-state index is -1.17. The van der Waals surface area contributed by atoms with Crippen LogP contribution < -0.4 is 10.6 Å². The zero-order chi connectivity index (χ0) is 18.7. The van der Waals surface area contributed by atoms with Crippen LogP contribution in [0.3, 0.4) is 0 Å². The van der Waals surface area contributed by atoms with Crippen LogP contribution >= 0.6 is 0 Å². The number of nitrogens with one attached hydrogen (secondary N) is 2. The van der Waals surface area contributed by atoms with Gasteiger partial charge in [-0.15, -0.1) is 0 Å². The van der Waals surface area contributed by atoms with E-state index in [2.05, 4.69) is 10.6 Å². The van der Waals surface area contributed by atoms with E-state index >= 15 is 0 Å². The molecule has 7 heteroatoms. The van der Waals surface area contributed by atoms with Gasteiger partial charge >= 0.3 is 6.03 Å². The molecule has 2 N–H and O–H groups in total. The van der Waals surface area contributed by atoms with Crippen LogP contribution in [0, 0.1) is 5.82 Å². The average molecular weight is 355 g/mol. The zero-order valence-electron chi connectivity index (χ0n) is 14.2. The quantitative estimate of drug-likeness (QED) is 0.810. The van der Waals surface area contributed by atoms with E-state index in [0.29, 0.717) is 17.7 Å². The SMILES string of the molecule is CC[C@]1(c2ccccc2)NC(=O)N(CC(=O)Nc2ccc(F)cc2)C1=O. The van der Waals surface area contributed by atoms with E-state index in [9.17, 15) is 18.8 Å². The summed E-state index contributed by atoms with van der Waals surface area (Å²) in [6.45, 7) is 1.38. The molecule has 2 aromatic rings. The molecule has 1 heterocycles. The Hall–Kier alpha value is -3.22. The number of carbonyl (C=O) groups excluding carboxylic acids is 3. The van der Waals surface area contributed by atoms with Gasteiger partial charge in [0.25, 0.3) is 5.91 Å². The second-order valence-corrected chi connectivity index (χ2v) is 6.00. The molecule has 2 aromatic carbocycles. The molecule has 0 aromatic heterocycles. The van der Waals surface area contributed by atoms with Crippen LogP contribution in [0.1, 0.15) is 18.9 Å². The maximum absolute atomic E-state index is 12.9. The number of hydrogen-bond acceptors (Lipinski definition) is 3. The lowest BCUT2D eigenvalue weighted by atomic mass is 9.87. The number of amides is 4. The lowest BCUT2D eigenvalue weighted by Gasteiger charge is -2.25. The van der Waals surface area contributed by atoms with Gasteiger partial charge in [-0.05, 0) is 36.2 Å². The van der Waals surface area contributed by atoms with E-state index < -0.39 is 35.7 Å². The summed E-state index contributed by atoms with van der Waals surface area (Å²) in [5.74, 6) is -1.43. The Labute approximate surface area is 150 Å². The highest BCUT2D eigenvalue weighted by molar-refractivity contribution is 6.10. The molecule has 1 fully saturated rings. The molecule has 0 aliphatic carbocycles. The van der Waals surface area contributed by atoms with Crippen molar-refractivity contribution in [1.82, 2.24) is 10.2 Å². The van der Waals surface area contributed by atoms with Crippen molar-refractivity contribution in [3.63, 3.8) is 0 Å². The number of imide groups is 1. The van der Waals surface area contributed by atoms with Gasteiger partial charge in [-0.1, -0.05) is 37.3 Å². The van der Waals surface area contributed by atoms with Crippen molar-refractivity contribution >= 4 is 23.5 Å². The first-order valence-electron chi connectivity index (χ1n) is 8.21. The Morgan fingerprint density at radius 1 is 1.12 bits per heavy atom. The summed E-state index contributed by atoms with van der Waals surface area (Å²) in [5.41, 5.74) is -0.121. The molecule has 0 saturated carbocycles. The van der Waals surface area contributed by atoms with Gasteiger partial charge in [0.1, 0.15) is 17.9 Å². The first-order valence-corrected chi connectivity index (χ1v) is 8.21. The third-order valence-electron chi connectivity index (χ3n) is 4.40. The molecular formula is C19H18FN3O3. The Bertz CT molecular complexity index is 839. The molecule has 4 amide bonds. The normalized spacial score (nSPS) is 19.4. The Kier molecular flexibility index (Phi) is 4.71. The fourth-order valence-corrected chi connectivity index (χ4v) is 3.01. The molecule has 0 unspecified atom stereocenters. The molecule has 0 radical (unpaired) electrons. The average Bonchev–Trinajstić information content (AvgIpc) is 2.89. The van der Waals surface area contributed by atoms with Crippen LogP contribution in [0.5, 0.6) is 0 Å². The van der Waals surface area contributed by atoms with Gasteiger partial charge < -0.3 is 10.6 Å². The molecule has 1 aliphatic rings. The number of rotatable bonds is 5. The van der Waals surface area contributed by atoms with Crippen molar-refractivity contribution in [2.45, 2.75) is 18.9 Å². The van der Waals surface area contributed by atoms with Gasteiger partial charge in [-0.2, -0.15) is 0 Å². The highest BCUT2D eigenvalue weighted by Crippen LogP contribution is 2.32. The first kappa shape index (κ1) is 17.6. The predicted molar refractivity (Wildman–Crippen MR) is 93.7 cm³/mol. The summed E-state index contributed by atoms with van der Waals surface area (Å²) >= 11 is 0. The molecule has 1 aliphatic heterocycles. The van der Waals surface area contributed by atoms with Crippen molar-refractivity contribution in [3.05, 3.63) is 66.0 Å². The number of halogens is 1. The fourth-order valence-electron chi connectivity index (χ4n) is 3.01. The molecule has 1 saturated heterocycles. The third kappa shape index (κ3) is 3.15. The standard InChI is InChI=1S/C19H18FN3O3/c1-2-19(13-6-4-3-5-7-13)17(25)23(18(26)22-19)12-16(24)21-15-10-8-14(20)9-11-15/h3-11H,2,12H2,1H3,(H,21,24)(H,22,26)/t19-/m1/s1. The van der Waals surface area contributed by atoms with Crippen LogP contribution in [0.15, 0.2) is 54.6 Å². The number of anilines is 1. The molecule has 26 heavy (non-hydrogen) atoms. The molecule has 1 atom stereocenters. The van der Waals surface area contributed by atoms with Gasteiger partial charge in [-0.25, -0.2) is 9.18 Å². The Morgan fingerprint density at radius 3 is 2.38 bits per heavy atom. The predicted octanol–water partition coefficient (Wildman–Crippen LogP) is 2.62. The minimum absolute atomic E-state index is 0.359. The molecule has 6 nitrogen and oxygen atoms in total. The summed E-state index contributed by atoms with van der Waals surface area (Å²) in [5, 5.41) is 5.26. The number of hydrogen-bond donors (Lipinski definition) is 2. The summed E-state index contributed by atoms with van der Waals surface area (Å²) in [7, 11) is 0. The number of nitrogens with zero attached hydrogens (tertiary/aromatic N) is 1. The maximum atomic E-state index is 12.9. The van der Waals surface area contributed by atoms with Crippen LogP contribution in [-0.4, -0.2) is 29.3 Å². The van der Waals surface area contributed by atoms with E-state index in [0.717, 1.165) is 4.90 Å². The molecule has 3 rings (SSSR count). The van der Waals surface area contributed by atoms with E-state index in [1.165, 1.54) is 24.3 Å². The van der Waals surface area contributed by atoms with Crippen molar-refractivity contribution in [2.24, 2.45) is 0 Å². The number of benzene rings is 2. The van der Waals surface area contributed by atoms with Crippen molar-refractivity contribution in [1.29, 1.82) is 0 Å². The van der Waals surface area contributed by atoms with E-state index in [1.54, 1.807) is 31.2 Å². The van der Waals surface area contributed by atoms with Gasteiger partial charge in [-0.3, -0.25) is 14.5 Å². The second kappa shape index (κ2) is 6.95. The molecular weight excluding hydrogens is 337 g/mol. The Balaban J connectivity index is 1.76. The molecule has 134 valence electrons. The largest absolute Gasteiger partial charge is 0.325 e. The van der Waals surface area contributed by atoms with E-state index in [-0.39, 0.29) is 0 Å². The fraction of sp³-hybridized carbons (Fsp3) is 0.211. The summed E-state index contributed by atoms with van der Waals surface area (Å²) in [4.78, 5) is 38.3. The zero-order valence-corrected chi connectivity index (χ0v) is 14.2. The van der Waals surface area contributed by atoms with E-state index in [4.69, 9.17) is 0 Å². The van der Waals surface area contributed by atoms with Crippen LogP contribution in [0.25, 0.3) is 0 Å². The number of urea groups is 1. The topological polar surface area (TPSA) is 78.5 Å². The second-order valence-electron chi connectivity index (χ2n) is 6.00.